The molecule has 2 aromatic carbocycles. The molecule has 4 heteroatoms. The molecule has 0 heterocycles. The molecule has 0 aliphatic carbocycles. The van der Waals surface area contributed by atoms with Crippen molar-refractivity contribution in [3.05, 3.63) is 65.2 Å². The average Bonchev–Trinajstić information content (AvgIpc) is 2.52. The fraction of sp³-hybridized carbons (Fsp3) is 0.176. The number of rotatable bonds is 4. The molecule has 0 saturated carbocycles. The molecule has 0 aliphatic heterocycles. The van der Waals surface area contributed by atoms with E-state index < -0.39 is 0 Å². The number of hydrogen-bond acceptors (Lipinski definition) is 3. The van der Waals surface area contributed by atoms with Crippen molar-refractivity contribution in [2.75, 3.05) is 19.4 Å². The van der Waals surface area contributed by atoms with Crippen LogP contribution in [-0.2, 0) is 6.54 Å². The summed E-state index contributed by atoms with van der Waals surface area (Å²) in [4.78, 5) is 13.3. The molecule has 2 aromatic rings. The van der Waals surface area contributed by atoms with E-state index in [-0.39, 0.29) is 5.91 Å². The highest BCUT2D eigenvalue weighted by atomic mass is 16.2. The summed E-state index contributed by atoms with van der Waals surface area (Å²) < 4.78 is 0. The minimum Gasteiger partial charge on any atom is -0.381 e. The smallest absolute Gasteiger partial charge is 0.253 e. The SMILES string of the molecule is CN(C)C(=O)c1ccc(NCc2ccccc2C#N)cc1. The van der Waals surface area contributed by atoms with Gasteiger partial charge in [-0.25, -0.2) is 0 Å². The second-order valence-electron chi connectivity index (χ2n) is 4.90. The van der Waals surface area contributed by atoms with Crippen LogP contribution in [0.2, 0.25) is 0 Å². The number of nitrogens with one attached hydrogen (secondary N) is 1. The lowest BCUT2D eigenvalue weighted by Crippen LogP contribution is -2.21. The maximum absolute atomic E-state index is 11.8. The maximum atomic E-state index is 11.8. The maximum Gasteiger partial charge on any atom is 0.253 e. The van der Waals surface area contributed by atoms with Crippen molar-refractivity contribution in [3.63, 3.8) is 0 Å². The Morgan fingerprint density at radius 3 is 2.43 bits per heavy atom. The van der Waals surface area contributed by atoms with Crippen LogP contribution in [0, 0.1) is 11.3 Å². The molecule has 1 amide bonds. The molecule has 0 bridgehead atoms. The Kier molecular flexibility index (Phi) is 4.57. The summed E-state index contributed by atoms with van der Waals surface area (Å²) in [6.45, 7) is 0.574. The van der Waals surface area contributed by atoms with Crippen LogP contribution in [0.25, 0.3) is 0 Å². The van der Waals surface area contributed by atoms with Gasteiger partial charge in [0, 0.05) is 31.9 Å². The Morgan fingerprint density at radius 1 is 1.14 bits per heavy atom. The van der Waals surface area contributed by atoms with Crippen molar-refractivity contribution in [3.8, 4) is 6.07 Å². The predicted octanol–water partition coefficient (Wildman–Crippen LogP) is 2.87. The highest BCUT2D eigenvalue weighted by Gasteiger charge is 2.07. The summed E-state index contributed by atoms with van der Waals surface area (Å²) in [5, 5.41) is 12.3. The van der Waals surface area contributed by atoms with E-state index in [2.05, 4.69) is 11.4 Å². The predicted molar refractivity (Wildman–Crippen MR) is 82.9 cm³/mol. The largest absolute Gasteiger partial charge is 0.381 e. The molecule has 2 rings (SSSR count). The number of nitrogens with zero attached hydrogens (tertiary/aromatic N) is 2. The Morgan fingerprint density at radius 2 is 1.81 bits per heavy atom. The summed E-state index contributed by atoms with van der Waals surface area (Å²) in [6.07, 6.45) is 0. The van der Waals surface area contributed by atoms with E-state index in [1.54, 1.807) is 37.2 Å². The lowest BCUT2D eigenvalue weighted by atomic mass is 10.1. The zero-order valence-corrected chi connectivity index (χ0v) is 12.1. The number of amides is 1. The minimum atomic E-state index is -0.0172. The normalized spacial score (nSPS) is 9.76. The van der Waals surface area contributed by atoms with Gasteiger partial charge in [-0.1, -0.05) is 18.2 Å². The van der Waals surface area contributed by atoms with E-state index in [0.29, 0.717) is 17.7 Å². The van der Waals surface area contributed by atoms with Gasteiger partial charge in [0.05, 0.1) is 11.6 Å². The Labute approximate surface area is 124 Å². The van der Waals surface area contributed by atoms with Crippen molar-refractivity contribution >= 4 is 11.6 Å². The van der Waals surface area contributed by atoms with Crippen molar-refractivity contribution < 1.29 is 4.79 Å². The van der Waals surface area contributed by atoms with Crippen LogP contribution in [0.3, 0.4) is 0 Å². The second-order valence-corrected chi connectivity index (χ2v) is 4.90. The fourth-order valence-corrected chi connectivity index (χ4v) is 1.97. The molecule has 0 fully saturated rings. The summed E-state index contributed by atoms with van der Waals surface area (Å²) >= 11 is 0. The van der Waals surface area contributed by atoms with Crippen LogP contribution in [0.1, 0.15) is 21.5 Å². The quantitative estimate of drug-likeness (QED) is 0.936. The molecule has 0 aliphatic rings. The van der Waals surface area contributed by atoms with Crippen LogP contribution in [0.4, 0.5) is 5.69 Å². The summed E-state index contributed by atoms with van der Waals surface area (Å²) in [5.74, 6) is -0.0172. The molecule has 0 aromatic heterocycles. The molecule has 21 heavy (non-hydrogen) atoms. The van der Waals surface area contributed by atoms with Gasteiger partial charge < -0.3 is 10.2 Å². The van der Waals surface area contributed by atoms with E-state index in [0.717, 1.165) is 11.3 Å². The van der Waals surface area contributed by atoms with Crippen LogP contribution >= 0.6 is 0 Å². The van der Waals surface area contributed by atoms with E-state index in [4.69, 9.17) is 5.26 Å². The third-order valence-corrected chi connectivity index (χ3v) is 3.16. The molecule has 0 spiro atoms. The van der Waals surface area contributed by atoms with Gasteiger partial charge in [0.15, 0.2) is 0 Å². The second kappa shape index (κ2) is 6.58. The van der Waals surface area contributed by atoms with Gasteiger partial charge in [0.25, 0.3) is 5.91 Å². The number of hydrogen-bond donors (Lipinski definition) is 1. The number of benzene rings is 2. The lowest BCUT2D eigenvalue weighted by molar-refractivity contribution is 0.0827. The summed E-state index contributed by atoms with van der Waals surface area (Å²) in [6, 6.07) is 17.0. The Hall–Kier alpha value is -2.80. The van der Waals surface area contributed by atoms with Gasteiger partial charge >= 0.3 is 0 Å². The minimum absolute atomic E-state index is 0.0172. The summed E-state index contributed by atoms with van der Waals surface area (Å²) in [5.41, 5.74) is 3.19. The fourth-order valence-electron chi connectivity index (χ4n) is 1.97. The molecular weight excluding hydrogens is 262 g/mol. The first-order chi connectivity index (χ1) is 10.1. The molecule has 1 N–H and O–H groups in total. The molecular formula is C17H17N3O. The van der Waals surface area contributed by atoms with Crippen LogP contribution in [-0.4, -0.2) is 24.9 Å². The topological polar surface area (TPSA) is 56.1 Å². The monoisotopic (exact) mass is 279 g/mol. The molecule has 0 unspecified atom stereocenters. The molecule has 0 radical (unpaired) electrons. The number of anilines is 1. The van der Waals surface area contributed by atoms with Crippen LogP contribution < -0.4 is 5.32 Å². The van der Waals surface area contributed by atoms with E-state index >= 15 is 0 Å². The zero-order valence-electron chi connectivity index (χ0n) is 12.1. The first-order valence-corrected chi connectivity index (χ1v) is 6.65. The molecule has 0 atom stereocenters. The highest BCUT2D eigenvalue weighted by molar-refractivity contribution is 5.94. The number of carbonyl (C=O) groups is 1. The molecule has 106 valence electrons. The van der Waals surface area contributed by atoms with Crippen molar-refractivity contribution in [1.29, 1.82) is 5.26 Å². The molecule has 4 nitrogen and oxygen atoms in total. The molecule has 0 saturated heterocycles. The van der Waals surface area contributed by atoms with E-state index in [9.17, 15) is 4.79 Å². The zero-order chi connectivity index (χ0) is 15.2. The third-order valence-electron chi connectivity index (χ3n) is 3.16. The first kappa shape index (κ1) is 14.6. The van der Waals surface area contributed by atoms with Crippen LogP contribution in [0.15, 0.2) is 48.5 Å². The Bertz CT molecular complexity index is 669. The summed E-state index contributed by atoms with van der Waals surface area (Å²) in [7, 11) is 3.46. The van der Waals surface area contributed by atoms with Gasteiger partial charge in [0.2, 0.25) is 0 Å². The van der Waals surface area contributed by atoms with E-state index in [1.807, 2.05) is 30.3 Å². The number of nitriles is 1. The van der Waals surface area contributed by atoms with Gasteiger partial charge in [-0.2, -0.15) is 5.26 Å². The van der Waals surface area contributed by atoms with Crippen molar-refractivity contribution in [1.82, 2.24) is 4.90 Å². The average molecular weight is 279 g/mol. The van der Waals surface area contributed by atoms with E-state index in [1.165, 1.54) is 0 Å². The van der Waals surface area contributed by atoms with Crippen molar-refractivity contribution in [2.24, 2.45) is 0 Å². The van der Waals surface area contributed by atoms with Gasteiger partial charge in [-0.3, -0.25) is 4.79 Å². The first-order valence-electron chi connectivity index (χ1n) is 6.65. The van der Waals surface area contributed by atoms with Gasteiger partial charge in [-0.15, -0.1) is 0 Å². The standard InChI is InChI=1S/C17H17N3O/c1-20(2)17(21)13-7-9-16(10-8-13)19-12-15-6-4-3-5-14(15)11-18/h3-10,19H,12H2,1-2H3. The number of carbonyl (C=O) groups excluding carboxylic acids is 1. The van der Waals surface area contributed by atoms with Gasteiger partial charge in [0.1, 0.15) is 0 Å². The van der Waals surface area contributed by atoms with Gasteiger partial charge in [-0.05, 0) is 35.9 Å². The Balaban J connectivity index is 2.05. The highest BCUT2D eigenvalue weighted by Crippen LogP contribution is 2.14. The van der Waals surface area contributed by atoms with Crippen molar-refractivity contribution in [2.45, 2.75) is 6.54 Å². The lowest BCUT2D eigenvalue weighted by Gasteiger charge is -2.11. The third kappa shape index (κ3) is 3.61. The van der Waals surface area contributed by atoms with Crippen LogP contribution in [0.5, 0.6) is 0 Å².